The molecule has 29 heavy (non-hydrogen) atoms. The molecule has 4 aromatic rings. The Morgan fingerprint density at radius 3 is 2.76 bits per heavy atom. The van der Waals surface area contributed by atoms with Gasteiger partial charge in [-0.05, 0) is 55.5 Å². The third-order valence-electron chi connectivity index (χ3n) is 4.75. The number of hydrogen-bond acceptors (Lipinski definition) is 5. The number of rotatable bonds is 5. The van der Waals surface area contributed by atoms with Gasteiger partial charge < -0.3 is 0 Å². The third kappa shape index (κ3) is 4.04. The molecule has 1 amide bonds. The first-order chi connectivity index (χ1) is 14.1. The van der Waals surface area contributed by atoms with Crippen LogP contribution in [0.1, 0.15) is 27.0 Å². The van der Waals surface area contributed by atoms with Crippen LogP contribution in [0.5, 0.6) is 0 Å². The molecule has 2 heterocycles. The molecular formula is C23H21N3OS2. The van der Waals surface area contributed by atoms with E-state index in [1.54, 1.807) is 40.4 Å². The van der Waals surface area contributed by atoms with Crippen LogP contribution >= 0.6 is 23.1 Å². The zero-order valence-corrected chi connectivity index (χ0v) is 18.2. The minimum atomic E-state index is -0.0418. The van der Waals surface area contributed by atoms with Crippen molar-refractivity contribution >= 4 is 44.4 Å². The van der Waals surface area contributed by atoms with E-state index < -0.39 is 0 Å². The summed E-state index contributed by atoms with van der Waals surface area (Å²) in [6.07, 6.45) is 5.58. The number of thiazole rings is 1. The highest BCUT2D eigenvalue weighted by molar-refractivity contribution is 7.98. The molecule has 0 saturated carbocycles. The summed E-state index contributed by atoms with van der Waals surface area (Å²) in [5.74, 6) is -0.0418. The predicted molar refractivity (Wildman–Crippen MR) is 122 cm³/mol. The number of hydrogen-bond donors (Lipinski definition) is 0. The maximum atomic E-state index is 13.6. The largest absolute Gasteiger partial charge is 0.279 e. The number of anilines is 1. The van der Waals surface area contributed by atoms with E-state index in [1.165, 1.54) is 0 Å². The number of thioether (sulfide) groups is 1. The number of carbonyl (C=O) groups excluding carboxylic acids is 1. The number of aryl methyl sites for hydroxylation is 2. The molecule has 0 spiro atoms. The molecule has 0 unspecified atom stereocenters. The smallest absolute Gasteiger partial charge is 0.260 e. The van der Waals surface area contributed by atoms with Crippen molar-refractivity contribution in [3.8, 4) is 0 Å². The maximum absolute atomic E-state index is 13.6. The Kier molecular flexibility index (Phi) is 5.65. The molecule has 2 aromatic carbocycles. The first kappa shape index (κ1) is 19.6. The van der Waals surface area contributed by atoms with Crippen LogP contribution in [0.15, 0.2) is 65.8 Å². The van der Waals surface area contributed by atoms with Gasteiger partial charge in [-0.25, -0.2) is 4.98 Å². The van der Waals surface area contributed by atoms with Gasteiger partial charge in [0.15, 0.2) is 5.13 Å². The van der Waals surface area contributed by atoms with Crippen molar-refractivity contribution < 1.29 is 4.79 Å². The molecule has 4 rings (SSSR count). The number of pyridine rings is 1. The highest BCUT2D eigenvalue weighted by Gasteiger charge is 2.23. The maximum Gasteiger partial charge on any atom is 0.260 e. The van der Waals surface area contributed by atoms with Crippen molar-refractivity contribution in [2.24, 2.45) is 0 Å². The molecule has 0 aliphatic rings. The van der Waals surface area contributed by atoms with Gasteiger partial charge in [0.25, 0.3) is 5.91 Å². The van der Waals surface area contributed by atoms with Crippen molar-refractivity contribution in [2.75, 3.05) is 11.2 Å². The molecule has 6 heteroatoms. The number of carbonyl (C=O) groups is 1. The van der Waals surface area contributed by atoms with Crippen molar-refractivity contribution in [3.63, 3.8) is 0 Å². The van der Waals surface area contributed by atoms with E-state index in [9.17, 15) is 4.79 Å². The summed E-state index contributed by atoms with van der Waals surface area (Å²) >= 11 is 3.21. The minimum Gasteiger partial charge on any atom is -0.279 e. The number of amides is 1. The second-order valence-electron chi connectivity index (χ2n) is 6.87. The molecule has 0 saturated heterocycles. The number of nitrogens with zero attached hydrogens (tertiary/aromatic N) is 3. The van der Waals surface area contributed by atoms with E-state index in [-0.39, 0.29) is 5.91 Å². The van der Waals surface area contributed by atoms with E-state index in [0.717, 1.165) is 31.8 Å². The standard InChI is InChI=1S/C23H21N3OS2/c1-15-9-10-16(2)18(12-15)22(27)26(14-17-6-5-11-24-13-17)23-25-21-19(28-3)7-4-8-20(21)29-23/h4-13H,14H2,1-3H3. The van der Waals surface area contributed by atoms with Gasteiger partial charge in [0.2, 0.25) is 0 Å². The summed E-state index contributed by atoms with van der Waals surface area (Å²) in [5, 5.41) is 0.705. The number of fused-ring (bicyclic) bond motifs is 1. The number of aromatic nitrogens is 2. The fourth-order valence-electron chi connectivity index (χ4n) is 3.20. The van der Waals surface area contributed by atoms with E-state index in [0.29, 0.717) is 17.2 Å². The number of benzene rings is 2. The average molecular weight is 420 g/mol. The summed E-state index contributed by atoms with van der Waals surface area (Å²) in [4.78, 5) is 25.6. The van der Waals surface area contributed by atoms with Crippen LogP contribution in [-0.4, -0.2) is 22.1 Å². The monoisotopic (exact) mass is 419 g/mol. The Labute approximate surface area is 178 Å². The van der Waals surface area contributed by atoms with Crippen LogP contribution in [0, 0.1) is 13.8 Å². The van der Waals surface area contributed by atoms with Crippen molar-refractivity contribution in [2.45, 2.75) is 25.3 Å². The molecule has 146 valence electrons. The van der Waals surface area contributed by atoms with Crippen molar-refractivity contribution in [1.82, 2.24) is 9.97 Å². The SMILES string of the molecule is CSc1cccc2sc(N(Cc3cccnc3)C(=O)c3cc(C)ccc3C)nc12. The van der Waals surface area contributed by atoms with Crippen LogP contribution in [0.3, 0.4) is 0 Å². The Morgan fingerprint density at radius 1 is 1.14 bits per heavy atom. The molecule has 0 aliphatic heterocycles. The van der Waals surface area contributed by atoms with Gasteiger partial charge >= 0.3 is 0 Å². The van der Waals surface area contributed by atoms with Gasteiger partial charge in [-0.1, -0.05) is 41.2 Å². The molecule has 0 radical (unpaired) electrons. The molecule has 0 N–H and O–H groups in total. The molecular weight excluding hydrogens is 398 g/mol. The lowest BCUT2D eigenvalue weighted by molar-refractivity contribution is 0.0984. The van der Waals surface area contributed by atoms with Crippen LogP contribution in [0.4, 0.5) is 5.13 Å². The Bertz CT molecular complexity index is 1170. The normalized spacial score (nSPS) is 11.0. The lowest BCUT2D eigenvalue weighted by atomic mass is 10.0. The zero-order valence-electron chi connectivity index (χ0n) is 16.5. The van der Waals surface area contributed by atoms with Crippen LogP contribution in [0.2, 0.25) is 0 Å². The average Bonchev–Trinajstić information content (AvgIpc) is 3.18. The zero-order chi connectivity index (χ0) is 20.4. The number of para-hydroxylation sites is 1. The van der Waals surface area contributed by atoms with E-state index in [1.807, 2.05) is 56.5 Å². The van der Waals surface area contributed by atoms with Gasteiger partial charge in [-0.15, -0.1) is 11.8 Å². The summed E-state index contributed by atoms with van der Waals surface area (Å²) in [5.41, 5.74) is 4.65. The molecule has 0 atom stereocenters. The minimum absolute atomic E-state index is 0.0418. The van der Waals surface area contributed by atoms with E-state index >= 15 is 0 Å². The van der Waals surface area contributed by atoms with Gasteiger partial charge in [-0.3, -0.25) is 14.7 Å². The lowest BCUT2D eigenvalue weighted by Gasteiger charge is -2.21. The first-order valence-corrected chi connectivity index (χ1v) is 11.3. The van der Waals surface area contributed by atoms with Gasteiger partial charge in [0, 0.05) is 22.9 Å². The summed E-state index contributed by atoms with van der Waals surface area (Å²) in [6.45, 7) is 4.40. The van der Waals surface area contributed by atoms with Crippen molar-refractivity contribution in [1.29, 1.82) is 0 Å². The summed E-state index contributed by atoms with van der Waals surface area (Å²) < 4.78 is 1.08. The first-order valence-electron chi connectivity index (χ1n) is 9.28. The third-order valence-corrected chi connectivity index (χ3v) is 6.57. The van der Waals surface area contributed by atoms with Gasteiger partial charge in [-0.2, -0.15) is 0 Å². The fraction of sp³-hybridized carbons (Fsp3) is 0.174. The van der Waals surface area contributed by atoms with E-state index in [4.69, 9.17) is 4.98 Å². The second kappa shape index (κ2) is 8.35. The van der Waals surface area contributed by atoms with Crippen LogP contribution in [0.25, 0.3) is 10.2 Å². The van der Waals surface area contributed by atoms with Crippen LogP contribution in [-0.2, 0) is 6.54 Å². The molecule has 2 aromatic heterocycles. The molecule has 4 nitrogen and oxygen atoms in total. The topological polar surface area (TPSA) is 46.1 Å². The Hall–Kier alpha value is -2.70. The summed E-state index contributed by atoms with van der Waals surface area (Å²) in [7, 11) is 0. The Morgan fingerprint density at radius 2 is 2.00 bits per heavy atom. The summed E-state index contributed by atoms with van der Waals surface area (Å²) in [6, 6.07) is 16.0. The Balaban J connectivity index is 1.82. The predicted octanol–water partition coefficient (Wildman–Crippen LogP) is 5.88. The highest BCUT2D eigenvalue weighted by Crippen LogP contribution is 2.35. The molecule has 0 aliphatic carbocycles. The molecule has 0 fully saturated rings. The highest BCUT2D eigenvalue weighted by atomic mass is 32.2. The van der Waals surface area contributed by atoms with Crippen LogP contribution < -0.4 is 4.90 Å². The quantitative estimate of drug-likeness (QED) is 0.379. The van der Waals surface area contributed by atoms with Gasteiger partial charge in [0.05, 0.1) is 16.8 Å². The lowest BCUT2D eigenvalue weighted by Crippen LogP contribution is -2.31. The van der Waals surface area contributed by atoms with Crippen molar-refractivity contribution in [3.05, 3.63) is 83.2 Å². The van der Waals surface area contributed by atoms with E-state index in [2.05, 4.69) is 17.1 Å². The molecule has 0 bridgehead atoms. The fourth-order valence-corrected chi connectivity index (χ4v) is 4.82. The van der Waals surface area contributed by atoms with Gasteiger partial charge in [0.1, 0.15) is 0 Å². The second-order valence-corrected chi connectivity index (χ2v) is 8.73.